The number of nitrogens with zero attached hydrogens (tertiary/aromatic N) is 3. The minimum atomic E-state index is -0.787. The van der Waals surface area contributed by atoms with Gasteiger partial charge in [-0.15, -0.1) is 16.4 Å². The van der Waals surface area contributed by atoms with E-state index in [1.54, 1.807) is 12.1 Å². The van der Waals surface area contributed by atoms with E-state index in [2.05, 4.69) is 22.3 Å². The second-order valence-corrected chi connectivity index (χ2v) is 8.58. The molecule has 1 aliphatic carbocycles. The summed E-state index contributed by atoms with van der Waals surface area (Å²) in [6, 6.07) is 9.54. The predicted octanol–water partition coefficient (Wildman–Crippen LogP) is 3.99. The van der Waals surface area contributed by atoms with Gasteiger partial charge in [0.1, 0.15) is 5.82 Å². The molecular formula is C22H23FN4O3S. The molecule has 2 unspecified atom stereocenters. The van der Waals surface area contributed by atoms with Crippen LogP contribution in [0.25, 0.3) is 16.4 Å². The fourth-order valence-electron chi connectivity index (χ4n) is 3.70. The van der Waals surface area contributed by atoms with E-state index >= 15 is 0 Å². The first-order valence-electron chi connectivity index (χ1n) is 10.2. The Bertz CT molecular complexity index is 1050. The van der Waals surface area contributed by atoms with Crippen LogP contribution in [0.2, 0.25) is 0 Å². The van der Waals surface area contributed by atoms with Gasteiger partial charge in [0.15, 0.2) is 12.4 Å². The van der Waals surface area contributed by atoms with Gasteiger partial charge in [-0.2, -0.15) is 4.98 Å². The van der Waals surface area contributed by atoms with Gasteiger partial charge in [0.05, 0.1) is 10.6 Å². The topological polar surface area (TPSA) is 86.1 Å². The zero-order chi connectivity index (χ0) is 21.8. The van der Waals surface area contributed by atoms with Crippen molar-refractivity contribution in [1.82, 2.24) is 20.1 Å². The normalized spacial score (nSPS) is 18.5. The molecule has 162 valence electrons. The Morgan fingerprint density at radius 1 is 1.23 bits per heavy atom. The van der Waals surface area contributed by atoms with E-state index in [4.69, 9.17) is 4.74 Å². The lowest BCUT2D eigenvalue weighted by Crippen LogP contribution is -2.42. The van der Waals surface area contributed by atoms with Crippen LogP contribution in [0, 0.1) is 11.7 Å². The van der Waals surface area contributed by atoms with E-state index in [1.165, 1.54) is 34.6 Å². The zero-order valence-electron chi connectivity index (χ0n) is 17.1. The molecule has 0 saturated heterocycles. The fourth-order valence-corrected chi connectivity index (χ4v) is 4.40. The molecule has 1 saturated carbocycles. The zero-order valence-corrected chi connectivity index (χ0v) is 17.9. The predicted molar refractivity (Wildman–Crippen MR) is 114 cm³/mol. The van der Waals surface area contributed by atoms with Gasteiger partial charge in [0.25, 0.3) is 11.7 Å². The van der Waals surface area contributed by atoms with E-state index in [-0.39, 0.29) is 30.2 Å². The summed E-state index contributed by atoms with van der Waals surface area (Å²) in [4.78, 5) is 29.9. The number of nitrogens with one attached hydrogen (secondary N) is 1. The van der Waals surface area contributed by atoms with Gasteiger partial charge in [-0.3, -0.25) is 4.79 Å². The van der Waals surface area contributed by atoms with Crippen molar-refractivity contribution >= 4 is 23.2 Å². The van der Waals surface area contributed by atoms with E-state index in [1.807, 2.05) is 17.5 Å². The lowest BCUT2D eigenvalue weighted by atomic mass is 9.86. The smallest absolute Gasteiger partial charge is 0.378 e. The molecule has 4 rings (SSSR count). The van der Waals surface area contributed by atoms with E-state index < -0.39 is 5.97 Å². The third-order valence-corrected chi connectivity index (χ3v) is 6.26. The fraction of sp³-hybridized carbons (Fsp3) is 0.364. The summed E-state index contributed by atoms with van der Waals surface area (Å²) in [6.45, 7) is 1.73. The van der Waals surface area contributed by atoms with Crippen LogP contribution in [0.1, 0.15) is 43.2 Å². The summed E-state index contributed by atoms with van der Waals surface area (Å²) in [5.74, 6) is -0.802. The van der Waals surface area contributed by atoms with Gasteiger partial charge in [-0.25, -0.2) is 13.9 Å². The van der Waals surface area contributed by atoms with Gasteiger partial charge in [-0.05, 0) is 54.5 Å². The summed E-state index contributed by atoms with van der Waals surface area (Å²) < 4.78 is 19.9. The molecule has 1 fully saturated rings. The molecular weight excluding hydrogens is 419 g/mol. The van der Waals surface area contributed by atoms with Gasteiger partial charge in [0, 0.05) is 6.04 Å². The van der Waals surface area contributed by atoms with E-state index in [9.17, 15) is 14.0 Å². The first-order chi connectivity index (χ1) is 15.0. The summed E-state index contributed by atoms with van der Waals surface area (Å²) >= 11 is 1.44. The second kappa shape index (κ2) is 9.38. The molecule has 0 bridgehead atoms. The Labute approximate surface area is 183 Å². The van der Waals surface area contributed by atoms with Crippen LogP contribution in [0.5, 0.6) is 0 Å². The molecule has 1 amide bonds. The van der Waals surface area contributed by atoms with Crippen LogP contribution < -0.4 is 5.32 Å². The minimum absolute atomic E-state index is 0.112. The highest BCUT2D eigenvalue weighted by Crippen LogP contribution is 2.26. The number of hydrogen-bond acceptors (Lipinski definition) is 6. The standard InChI is InChI=1S/C22H23FN4O3S/c1-14-5-2-3-6-17(14)24-19(28)13-30-22(29)20-25-21(18-7-4-12-31-18)27(26-20)16-10-8-15(23)9-11-16/h4,7-12,14,17H,2-3,5-6,13H2,1H3,(H,24,28). The van der Waals surface area contributed by atoms with Crippen molar-refractivity contribution < 1.29 is 18.7 Å². The number of ether oxygens (including phenoxy) is 1. The molecule has 9 heteroatoms. The summed E-state index contributed by atoms with van der Waals surface area (Å²) in [5, 5.41) is 9.09. The van der Waals surface area contributed by atoms with Gasteiger partial charge < -0.3 is 10.1 Å². The van der Waals surface area contributed by atoms with Crippen LogP contribution >= 0.6 is 11.3 Å². The Kier molecular flexibility index (Phi) is 6.41. The molecule has 0 aliphatic heterocycles. The van der Waals surface area contributed by atoms with Crippen LogP contribution in [-0.4, -0.2) is 39.3 Å². The number of thiophene rings is 1. The average molecular weight is 443 g/mol. The Morgan fingerprint density at radius 3 is 2.71 bits per heavy atom. The van der Waals surface area contributed by atoms with Crippen LogP contribution in [0.15, 0.2) is 41.8 Å². The molecule has 0 spiro atoms. The molecule has 2 aromatic heterocycles. The highest BCUT2D eigenvalue weighted by atomic mass is 32.1. The first kappa shape index (κ1) is 21.2. The Hall–Kier alpha value is -3.07. The number of halogens is 1. The summed E-state index contributed by atoms with van der Waals surface area (Å²) in [5.41, 5.74) is 0.556. The highest BCUT2D eigenvalue weighted by molar-refractivity contribution is 7.13. The number of carbonyl (C=O) groups is 2. The molecule has 31 heavy (non-hydrogen) atoms. The Morgan fingerprint density at radius 2 is 2.00 bits per heavy atom. The maximum absolute atomic E-state index is 13.3. The second-order valence-electron chi connectivity index (χ2n) is 7.64. The van der Waals surface area contributed by atoms with Crippen molar-refractivity contribution in [2.24, 2.45) is 5.92 Å². The van der Waals surface area contributed by atoms with Crippen LogP contribution in [0.3, 0.4) is 0 Å². The minimum Gasteiger partial charge on any atom is -0.450 e. The number of amides is 1. The quantitative estimate of drug-likeness (QED) is 0.584. The maximum atomic E-state index is 13.3. The lowest BCUT2D eigenvalue weighted by Gasteiger charge is -2.29. The molecule has 1 aliphatic rings. The van der Waals surface area contributed by atoms with Crippen molar-refractivity contribution in [3.63, 3.8) is 0 Å². The maximum Gasteiger partial charge on any atom is 0.378 e. The first-order valence-corrected chi connectivity index (χ1v) is 11.1. The van der Waals surface area contributed by atoms with Crippen molar-refractivity contribution in [3.05, 3.63) is 53.4 Å². The average Bonchev–Trinajstić information content (AvgIpc) is 3.44. The van der Waals surface area contributed by atoms with Gasteiger partial charge in [-0.1, -0.05) is 25.8 Å². The van der Waals surface area contributed by atoms with Gasteiger partial charge in [0.2, 0.25) is 0 Å². The monoisotopic (exact) mass is 442 g/mol. The molecule has 1 N–H and O–H groups in total. The number of esters is 1. The molecule has 7 nitrogen and oxygen atoms in total. The third kappa shape index (κ3) is 4.99. The third-order valence-electron chi connectivity index (χ3n) is 5.39. The molecule has 2 heterocycles. The van der Waals surface area contributed by atoms with Crippen LogP contribution in [-0.2, 0) is 9.53 Å². The van der Waals surface area contributed by atoms with Gasteiger partial charge >= 0.3 is 5.97 Å². The largest absolute Gasteiger partial charge is 0.450 e. The molecule has 0 radical (unpaired) electrons. The van der Waals surface area contributed by atoms with E-state index in [0.29, 0.717) is 17.4 Å². The van der Waals surface area contributed by atoms with E-state index in [0.717, 1.165) is 24.1 Å². The molecule has 1 aromatic carbocycles. The highest BCUT2D eigenvalue weighted by Gasteiger charge is 2.25. The van der Waals surface area contributed by atoms with Crippen molar-refractivity contribution in [2.75, 3.05) is 6.61 Å². The Balaban J connectivity index is 1.47. The van der Waals surface area contributed by atoms with Crippen LogP contribution in [0.4, 0.5) is 4.39 Å². The molecule has 3 aromatic rings. The van der Waals surface area contributed by atoms with Crippen molar-refractivity contribution in [3.8, 4) is 16.4 Å². The summed E-state index contributed by atoms with van der Waals surface area (Å²) in [6.07, 6.45) is 4.29. The molecule has 2 atom stereocenters. The van der Waals surface area contributed by atoms with Crippen molar-refractivity contribution in [1.29, 1.82) is 0 Å². The number of benzene rings is 1. The lowest BCUT2D eigenvalue weighted by molar-refractivity contribution is -0.125. The van der Waals surface area contributed by atoms with Crippen molar-refractivity contribution in [2.45, 2.75) is 38.6 Å². The summed E-state index contributed by atoms with van der Waals surface area (Å²) in [7, 11) is 0. The number of hydrogen-bond donors (Lipinski definition) is 1. The SMILES string of the molecule is CC1CCCCC1NC(=O)COC(=O)c1nc(-c2cccs2)n(-c2ccc(F)cc2)n1. The number of rotatable bonds is 6. The number of aromatic nitrogens is 3. The number of carbonyl (C=O) groups excluding carboxylic acids is 2.